The van der Waals surface area contributed by atoms with Gasteiger partial charge in [-0.1, -0.05) is 30.4 Å². The number of nitrogens with zero attached hydrogens (tertiary/aromatic N) is 2. The van der Waals surface area contributed by atoms with Crippen LogP contribution in [0.1, 0.15) is 6.42 Å². The van der Waals surface area contributed by atoms with Crippen molar-refractivity contribution in [1.82, 2.24) is 4.98 Å². The van der Waals surface area contributed by atoms with Crippen LogP contribution in [0, 0.1) is 23.7 Å². The summed E-state index contributed by atoms with van der Waals surface area (Å²) in [6.45, 7) is 0. The Bertz CT molecular complexity index is 1260. The number of aromatic nitrogens is 1. The molecule has 6 heteroatoms. The fourth-order valence-electron chi connectivity index (χ4n) is 5.08. The van der Waals surface area contributed by atoms with Gasteiger partial charge in [-0.25, -0.2) is 14.7 Å². The molecule has 2 heterocycles. The van der Waals surface area contributed by atoms with Crippen molar-refractivity contribution in [3.63, 3.8) is 0 Å². The monoisotopic (exact) mass is 384 g/mol. The molecule has 2 fully saturated rings. The molecule has 2 aliphatic carbocycles. The van der Waals surface area contributed by atoms with E-state index in [-0.39, 0.29) is 41.4 Å². The molecule has 3 aromatic rings. The molecule has 1 saturated heterocycles. The highest BCUT2D eigenvalue weighted by molar-refractivity contribution is 6.23. The number of carbonyl (C=O) groups is 2. The van der Waals surface area contributed by atoms with Gasteiger partial charge in [-0.15, -0.1) is 0 Å². The maximum Gasteiger partial charge on any atom is 0.347 e. The molecule has 142 valence electrons. The lowest BCUT2D eigenvalue weighted by Crippen LogP contribution is -2.32. The first-order valence-corrected chi connectivity index (χ1v) is 9.68. The van der Waals surface area contributed by atoms with E-state index < -0.39 is 5.63 Å². The van der Waals surface area contributed by atoms with Gasteiger partial charge in [0.05, 0.1) is 28.4 Å². The predicted octanol–water partition coefficient (Wildman–Crippen LogP) is 3.17. The fourth-order valence-corrected chi connectivity index (χ4v) is 5.08. The summed E-state index contributed by atoms with van der Waals surface area (Å²) in [5.74, 6) is -0.291. The third-order valence-corrected chi connectivity index (χ3v) is 6.36. The van der Waals surface area contributed by atoms with Gasteiger partial charge < -0.3 is 4.42 Å². The topological polar surface area (TPSA) is 80.5 Å². The SMILES string of the molecule is O=C1[C@H]2[C@H](C(=O)N1c1cccc(-c3nc4ccccc4c(=O)o3)c1)[C@H]1C=C[C@H]2C1. The molecule has 4 atom stereocenters. The summed E-state index contributed by atoms with van der Waals surface area (Å²) in [7, 11) is 0. The van der Waals surface area contributed by atoms with Crippen molar-refractivity contribution in [1.29, 1.82) is 0 Å². The zero-order valence-electron chi connectivity index (χ0n) is 15.3. The Hall–Kier alpha value is -3.54. The highest BCUT2D eigenvalue weighted by Gasteiger charge is 2.59. The zero-order valence-corrected chi connectivity index (χ0v) is 15.3. The van der Waals surface area contributed by atoms with E-state index in [1.807, 2.05) is 0 Å². The van der Waals surface area contributed by atoms with E-state index in [1.165, 1.54) is 4.90 Å². The molecule has 0 radical (unpaired) electrons. The molecule has 2 bridgehead atoms. The molecule has 1 saturated carbocycles. The summed E-state index contributed by atoms with van der Waals surface area (Å²) >= 11 is 0. The zero-order chi connectivity index (χ0) is 19.7. The molecule has 2 aromatic carbocycles. The molecule has 1 aromatic heterocycles. The Morgan fingerprint density at radius 3 is 2.38 bits per heavy atom. The number of para-hydroxylation sites is 1. The molecule has 6 nitrogen and oxygen atoms in total. The van der Waals surface area contributed by atoms with Gasteiger partial charge in [0.15, 0.2) is 0 Å². The van der Waals surface area contributed by atoms with E-state index >= 15 is 0 Å². The van der Waals surface area contributed by atoms with E-state index in [4.69, 9.17) is 4.42 Å². The number of hydrogen-bond acceptors (Lipinski definition) is 5. The highest BCUT2D eigenvalue weighted by Crippen LogP contribution is 2.53. The van der Waals surface area contributed by atoms with Gasteiger partial charge in [-0.2, -0.15) is 0 Å². The molecule has 6 rings (SSSR count). The van der Waals surface area contributed by atoms with Gasteiger partial charge in [0.2, 0.25) is 17.7 Å². The van der Waals surface area contributed by atoms with Crippen LogP contribution in [-0.4, -0.2) is 16.8 Å². The van der Waals surface area contributed by atoms with Crippen LogP contribution in [-0.2, 0) is 9.59 Å². The first kappa shape index (κ1) is 16.4. The maximum absolute atomic E-state index is 13.0. The lowest BCUT2D eigenvalue weighted by atomic mass is 9.85. The number of imide groups is 1. The smallest absolute Gasteiger partial charge is 0.347 e. The van der Waals surface area contributed by atoms with Crippen LogP contribution in [0.4, 0.5) is 5.69 Å². The Morgan fingerprint density at radius 2 is 1.62 bits per heavy atom. The van der Waals surface area contributed by atoms with Crippen LogP contribution in [0.25, 0.3) is 22.4 Å². The van der Waals surface area contributed by atoms with Gasteiger partial charge in [-0.3, -0.25) is 9.59 Å². The van der Waals surface area contributed by atoms with Crippen molar-refractivity contribution in [2.24, 2.45) is 23.7 Å². The van der Waals surface area contributed by atoms with Crippen molar-refractivity contribution < 1.29 is 14.0 Å². The van der Waals surface area contributed by atoms with Crippen LogP contribution in [0.3, 0.4) is 0 Å². The second kappa shape index (κ2) is 5.73. The van der Waals surface area contributed by atoms with Crippen LogP contribution >= 0.6 is 0 Å². The molecular weight excluding hydrogens is 368 g/mol. The fraction of sp³-hybridized carbons (Fsp3) is 0.217. The average molecular weight is 384 g/mol. The molecule has 2 amide bonds. The van der Waals surface area contributed by atoms with E-state index in [1.54, 1.807) is 48.5 Å². The highest BCUT2D eigenvalue weighted by atomic mass is 16.4. The molecule has 0 spiro atoms. The Balaban J connectivity index is 1.42. The number of benzene rings is 2. The molecule has 3 aliphatic rings. The lowest BCUT2D eigenvalue weighted by Gasteiger charge is -2.17. The summed E-state index contributed by atoms with van der Waals surface area (Å²) in [6.07, 6.45) is 5.04. The third kappa shape index (κ3) is 2.23. The number of rotatable bonds is 2. The summed E-state index contributed by atoms with van der Waals surface area (Å²) in [5, 5.41) is 0.410. The molecular formula is C23H16N2O4. The molecule has 29 heavy (non-hydrogen) atoms. The average Bonchev–Trinajstić information content (AvgIpc) is 3.42. The summed E-state index contributed by atoms with van der Waals surface area (Å²) < 4.78 is 5.40. The summed E-state index contributed by atoms with van der Waals surface area (Å²) in [6, 6.07) is 13.9. The molecule has 0 unspecified atom stereocenters. The number of hydrogen-bond donors (Lipinski definition) is 0. The normalized spacial score (nSPS) is 27.2. The van der Waals surface area contributed by atoms with Crippen molar-refractivity contribution in [2.45, 2.75) is 6.42 Å². The molecule has 1 aliphatic heterocycles. The van der Waals surface area contributed by atoms with Crippen molar-refractivity contribution in [3.05, 3.63) is 71.1 Å². The van der Waals surface area contributed by atoms with Gasteiger partial charge >= 0.3 is 5.63 Å². The van der Waals surface area contributed by atoms with E-state index in [2.05, 4.69) is 17.1 Å². The Kier molecular flexibility index (Phi) is 3.25. The summed E-state index contributed by atoms with van der Waals surface area (Å²) in [4.78, 5) is 44.1. The number of allylic oxidation sites excluding steroid dienone is 2. The number of carbonyl (C=O) groups excluding carboxylic acids is 2. The maximum atomic E-state index is 13.0. The molecule has 0 N–H and O–H groups in total. The van der Waals surface area contributed by atoms with Crippen LogP contribution in [0.15, 0.2) is 69.9 Å². The third-order valence-electron chi connectivity index (χ3n) is 6.36. The standard InChI is InChI=1S/C23H16N2O4/c26-21-18-12-8-9-13(10-12)19(18)22(27)25(21)15-5-3-4-14(11-15)20-24-17-7-2-1-6-16(17)23(28)29-20/h1-9,11-13,18-19H,10H2/t12-,13-,18+,19+/m0/s1. The van der Waals surface area contributed by atoms with E-state index in [0.29, 0.717) is 22.2 Å². The number of fused-ring (bicyclic) bond motifs is 6. The van der Waals surface area contributed by atoms with E-state index in [0.717, 1.165) is 6.42 Å². The van der Waals surface area contributed by atoms with Crippen molar-refractivity contribution in [3.8, 4) is 11.5 Å². The lowest BCUT2D eigenvalue weighted by molar-refractivity contribution is -0.123. The van der Waals surface area contributed by atoms with Gasteiger partial charge in [-0.05, 0) is 48.6 Å². The summed E-state index contributed by atoms with van der Waals surface area (Å²) in [5.41, 5.74) is 1.10. The second-order valence-corrected chi connectivity index (χ2v) is 7.89. The quantitative estimate of drug-likeness (QED) is 0.501. The minimum absolute atomic E-state index is 0.137. The predicted molar refractivity (Wildman–Crippen MR) is 106 cm³/mol. The van der Waals surface area contributed by atoms with Gasteiger partial charge in [0.1, 0.15) is 0 Å². The van der Waals surface area contributed by atoms with Gasteiger partial charge in [0.25, 0.3) is 0 Å². The van der Waals surface area contributed by atoms with E-state index in [9.17, 15) is 14.4 Å². The largest absolute Gasteiger partial charge is 0.403 e. The van der Waals surface area contributed by atoms with Crippen molar-refractivity contribution in [2.75, 3.05) is 4.90 Å². The number of amides is 2. The second-order valence-electron chi connectivity index (χ2n) is 7.89. The van der Waals surface area contributed by atoms with Gasteiger partial charge in [0, 0.05) is 5.56 Å². The minimum atomic E-state index is -0.471. The first-order chi connectivity index (χ1) is 14.1. The Labute approximate surface area is 165 Å². The van der Waals surface area contributed by atoms with Crippen LogP contribution in [0.2, 0.25) is 0 Å². The number of anilines is 1. The van der Waals surface area contributed by atoms with Crippen LogP contribution < -0.4 is 10.5 Å². The Morgan fingerprint density at radius 1 is 0.897 bits per heavy atom. The van der Waals surface area contributed by atoms with Crippen molar-refractivity contribution >= 4 is 28.4 Å². The van der Waals surface area contributed by atoms with Crippen LogP contribution in [0.5, 0.6) is 0 Å². The first-order valence-electron chi connectivity index (χ1n) is 9.68. The minimum Gasteiger partial charge on any atom is -0.403 e.